The highest BCUT2D eigenvalue weighted by Crippen LogP contribution is 2.23. The molecule has 0 fully saturated rings. The third-order valence-electron chi connectivity index (χ3n) is 4.18. The van der Waals surface area contributed by atoms with E-state index in [0.717, 1.165) is 47.4 Å². The van der Waals surface area contributed by atoms with E-state index in [1.807, 2.05) is 20.9 Å². The van der Waals surface area contributed by atoms with Crippen LogP contribution in [0.5, 0.6) is 0 Å². The van der Waals surface area contributed by atoms with Crippen molar-refractivity contribution in [2.45, 2.75) is 51.2 Å². The maximum absolute atomic E-state index is 12.2. The van der Waals surface area contributed by atoms with Crippen LogP contribution < -0.4 is 5.32 Å². The average molecular weight is 334 g/mol. The van der Waals surface area contributed by atoms with Crippen LogP contribution >= 0.6 is 11.8 Å². The van der Waals surface area contributed by atoms with Crippen LogP contribution in [0.4, 0.5) is 5.69 Å². The Morgan fingerprint density at radius 3 is 2.83 bits per heavy atom. The molecule has 0 unspecified atom stereocenters. The summed E-state index contributed by atoms with van der Waals surface area (Å²) in [5, 5.41) is 16.6. The van der Waals surface area contributed by atoms with Crippen LogP contribution in [0, 0.1) is 13.8 Å². The van der Waals surface area contributed by atoms with Crippen LogP contribution in [0.2, 0.25) is 0 Å². The Kier molecular flexibility index (Phi) is 4.70. The molecule has 0 atom stereocenters. The van der Waals surface area contributed by atoms with E-state index in [4.69, 9.17) is 0 Å². The fourth-order valence-electron chi connectivity index (χ4n) is 2.83. The lowest BCUT2D eigenvalue weighted by atomic mass is 10.2. The molecule has 124 valence electrons. The van der Waals surface area contributed by atoms with Crippen molar-refractivity contribution in [2.75, 3.05) is 11.1 Å². The summed E-state index contributed by atoms with van der Waals surface area (Å²) < 4.78 is 3.93. The lowest BCUT2D eigenvalue weighted by Gasteiger charge is -2.07. The Hall–Kier alpha value is -1.83. The number of fused-ring (bicyclic) bond motifs is 1. The molecule has 0 radical (unpaired) electrons. The zero-order valence-electron chi connectivity index (χ0n) is 13.8. The highest BCUT2D eigenvalue weighted by Gasteiger charge is 2.17. The molecule has 2 aromatic heterocycles. The number of anilines is 1. The third kappa shape index (κ3) is 3.41. The van der Waals surface area contributed by atoms with Gasteiger partial charge < -0.3 is 9.88 Å². The van der Waals surface area contributed by atoms with Crippen LogP contribution in [0.15, 0.2) is 5.16 Å². The second-order valence-electron chi connectivity index (χ2n) is 5.87. The Bertz CT molecular complexity index is 720. The first kappa shape index (κ1) is 16.0. The van der Waals surface area contributed by atoms with Gasteiger partial charge >= 0.3 is 0 Å². The predicted molar refractivity (Wildman–Crippen MR) is 89.6 cm³/mol. The summed E-state index contributed by atoms with van der Waals surface area (Å²) in [4.78, 5) is 12.2. The molecule has 7 nitrogen and oxygen atoms in total. The number of rotatable bonds is 4. The number of amides is 1. The van der Waals surface area contributed by atoms with Gasteiger partial charge in [-0.05, 0) is 26.7 Å². The smallest absolute Gasteiger partial charge is 0.234 e. The molecule has 1 N–H and O–H groups in total. The van der Waals surface area contributed by atoms with E-state index in [1.54, 1.807) is 4.68 Å². The summed E-state index contributed by atoms with van der Waals surface area (Å²) in [6, 6.07) is 0. The molecule has 2 aromatic rings. The fraction of sp³-hybridized carbons (Fsp3) is 0.600. The normalized spacial score (nSPS) is 14.4. The van der Waals surface area contributed by atoms with Crippen molar-refractivity contribution in [3.8, 4) is 0 Å². The highest BCUT2D eigenvalue weighted by molar-refractivity contribution is 7.99. The van der Waals surface area contributed by atoms with Gasteiger partial charge in [-0.15, -0.1) is 10.2 Å². The number of nitrogens with zero attached hydrogens (tertiary/aromatic N) is 5. The van der Waals surface area contributed by atoms with Crippen molar-refractivity contribution in [3.05, 3.63) is 17.2 Å². The predicted octanol–water partition coefficient (Wildman–Crippen LogP) is 2.09. The van der Waals surface area contributed by atoms with Gasteiger partial charge in [0.1, 0.15) is 5.82 Å². The van der Waals surface area contributed by atoms with Crippen LogP contribution in [0.3, 0.4) is 0 Å². The molecule has 23 heavy (non-hydrogen) atoms. The molecule has 3 heterocycles. The van der Waals surface area contributed by atoms with E-state index in [2.05, 4.69) is 25.2 Å². The Balaban J connectivity index is 1.62. The summed E-state index contributed by atoms with van der Waals surface area (Å²) in [6.45, 7) is 4.79. The van der Waals surface area contributed by atoms with Gasteiger partial charge in [-0.2, -0.15) is 5.10 Å². The van der Waals surface area contributed by atoms with Gasteiger partial charge in [-0.25, -0.2) is 0 Å². The van der Waals surface area contributed by atoms with Gasteiger partial charge in [0.05, 0.1) is 22.8 Å². The van der Waals surface area contributed by atoms with Crippen molar-refractivity contribution in [3.63, 3.8) is 0 Å². The molecule has 0 aromatic carbocycles. The molecule has 3 rings (SSSR count). The second-order valence-corrected chi connectivity index (χ2v) is 6.81. The van der Waals surface area contributed by atoms with Crippen molar-refractivity contribution >= 4 is 23.4 Å². The maximum atomic E-state index is 12.2. The van der Waals surface area contributed by atoms with Gasteiger partial charge in [0.2, 0.25) is 5.91 Å². The molecule has 1 aliphatic rings. The molecule has 0 saturated carbocycles. The van der Waals surface area contributed by atoms with E-state index in [1.165, 1.54) is 24.6 Å². The van der Waals surface area contributed by atoms with Gasteiger partial charge in [-0.1, -0.05) is 18.2 Å². The van der Waals surface area contributed by atoms with Gasteiger partial charge in [-0.3, -0.25) is 9.48 Å². The summed E-state index contributed by atoms with van der Waals surface area (Å²) in [7, 11) is 1.87. The van der Waals surface area contributed by atoms with Crippen molar-refractivity contribution < 1.29 is 4.79 Å². The van der Waals surface area contributed by atoms with E-state index in [-0.39, 0.29) is 5.91 Å². The molecule has 0 aliphatic carbocycles. The number of carbonyl (C=O) groups excluding carboxylic acids is 1. The first-order chi connectivity index (χ1) is 11.1. The quantitative estimate of drug-likeness (QED) is 0.866. The molecule has 8 heteroatoms. The van der Waals surface area contributed by atoms with E-state index < -0.39 is 0 Å². The van der Waals surface area contributed by atoms with Crippen LogP contribution in [-0.2, 0) is 24.8 Å². The van der Waals surface area contributed by atoms with Gasteiger partial charge in [0.15, 0.2) is 5.16 Å². The lowest BCUT2D eigenvalue weighted by Crippen LogP contribution is -2.16. The average Bonchev–Trinajstić information content (AvgIpc) is 2.89. The minimum atomic E-state index is -0.0415. The van der Waals surface area contributed by atoms with Crippen LogP contribution in [0.25, 0.3) is 0 Å². The number of hydrogen-bond acceptors (Lipinski definition) is 5. The van der Waals surface area contributed by atoms with Crippen molar-refractivity contribution in [1.82, 2.24) is 24.5 Å². The van der Waals surface area contributed by atoms with Gasteiger partial charge in [0.25, 0.3) is 0 Å². The molecular weight excluding hydrogens is 312 g/mol. The number of hydrogen-bond donors (Lipinski definition) is 1. The molecule has 1 aliphatic heterocycles. The first-order valence-electron chi connectivity index (χ1n) is 7.91. The van der Waals surface area contributed by atoms with Crippen LogP contribution in [-0.4, -0.2) is 36.2 Å². The Morgan fingerprint density at radius 2 is 2.09 bits per heavy atom. The zero-order valence-corrected chi connectivity index (χ0v) is 14.6. The molecule has 1 amide bonds. The number of aryl methyl sites for hydroxylation is 3. The Morgan fingerprint density at radius 1 is 1.26 bits per heavy atom. The SMILES string of the molecule is Cc1nn(C)c(C)c1NC(=O)CSc1nnc2n1CCCCC2. The lowest BCUT2D eigenvalue weighted by molar-refractivity contribution is -0.113. The summed E-state index contributed by atoms with van der Waals surface area (Å²) in [5.41, 5.74) is 2.59. The minimum Gasteiger partial charge on any atom is -0.322 e. The van der Waals surface area contributed by atoms with E-state index in [9.17, 15) is 4.79 Å². The largest absolute Gasteiger partial charge is 0.322 e. The van der Waals surface area contributed by atoms with E-state index >= 15 is 0 Å². The zero-order chi connectivity index (χ0) is 16.4. The second kappa shape index (κ2) is 6.74. The first-order valence-corrected chi connectivity index (χ1v) is 8.89. The Labute approximate surface area is 139 Å². The number of carbonyl (C=O) groups is 1. The highest BCUT2D eigenvalue weighted by atomic mass is 32.2. The molecule has 0 saturated heterocycles. The summed E-state index contributed by atoms with van der Waals surface area (Å²) >= 11 is 1.45. The number of nitrogens with one attached hydrogen (secondary N) is 1. The molecule has 0 bridgehead atoms. The minimum absolute atomic E-state index is 0.0415. The van der Waals surface area contributed by atoms with Gasteiger partial charge in [0, 0.05) is 20.0 Å². The molecular formula is C15H22N6OS. The number of thioether (sulfide) groups is 1. The maximum Gasteiger partial charge on any atom is 0.234 e. The topological polar surface area (TPSA) is 77.6 Å². The van der Waals surface area contributed by atoms with Crippen LogP contribution in [0.1, 0.15) is 36.5 Å². The monoisotopic (exact) mass is 334 g/mol. The number of aromatic nitrogens is 5. The fourth-order valence-corrected chi connectivity index (χ4v) is 3.61. The third-order valence-corrected chi connectivity index (χ3v) is 5.15. The molecule has 0 spiro atoms. The van der Waals surface area contributed by atoms with E-state index in [0.29, 0.717) is 5.75 Å². The standard InChI is InChI=1S/C15H22N6OS/c1-10-14(11(2)20(3)19-10)16-13(22)9-23-15-18-17-12-7-5-4-6-8-21(12)15/h4-9H2,1-3H3,(H,16,22). The summed E-state index contributed by atoms with van der Waals surface area (Å²) in [6.07, 6.45) is 4.53. The summed E-state index contributed by atoms with van der Waals surface area (Å²) in [5.74, 6) is 1.33. The van der Waals surface area contributed by atoms with Crippen molar-refractivity contribution in [2.24, 2.45) is 7.05 Å². The van der Waals surface area contributed by atoms with Crippen molar-refractivity contribution in [1.29, 1.82) is 0 Å².